The molecule has 0 aliphatic rings. The van der Waals surface area contributed by atoms with Gasteiger partial charge < -0.3 is 0 Å². The van der Waals surface area contributed by atoms with Crippen LogP contribution in [0.25, 0.3) is 0 Å². The van der Waals surface area contributed by atoms with Crippen LogP contribution in [0.4, 0.5) is 5.69 Å². The van der Waals surface area contributed by atoms with Gasteiger partial charge in [0.2, 0.25) is 0 Å². The van der Waals surface area contributed by atoms with Gasteiger partial charge in [0.15, 0.2) is 0 Å². The molecule has 0 aliphatic carbocycles. The van der Waals surface area contributed by atoms with Crippen LogP contribution in [0, 0.1) is 0 Å². The van der Waals surface area contributed by atoms with Crippen molar-refractivity contribution >= 4 is 5.69 Å². The fourth-order valence-electron chi connectivity index (χ4n) is 0.513. The molecule has 0 aliphatic heterocycles. The van der Waals surface area contributed by atoms with Crippen LogP contribution in [-0.2, 0) is 0 Å². The lowest BCUT2D eigenvalue weighted by Crippen LogP contribution is -1.85. The Morgan fingerprint density at radius 1 is 1.10 bits per heavy atom. The van der Waals surface area contributed by atoms with Crippen molar-refractivity contribution in [3.63, 3.8) is 0 Å². The van der Waals surface area contributed by atoms with E-state index in [1.165, 1.54) is 0 Å². The average Bonchev–Trinajstić information content (AvgIpc) is 2.10. The first-order valence-corrected chi connectivity index (χ1v) is 3.38. The molecule has 1 aromatic carbocycles. The number of rotatable bonds is 1. The third-order valence-electron chi connectivity index (χ3n) is 0.903. The van der Waals surface area contributed by atoms with Gasteiger partial charge in [-0.25, -0.2) is 0 Å². The van der Waals surface area contributed by atoms with E-state index >= 15 is 0 Å². The van der Waals surface area contributed by atoms with Gasteiger partial charge in [0, 0.05) is 0 Å². The van der Waals surface area contributed by atoms with Crippen LogP contribution in [0.3, 0.4) is 0 Å². The van der Waals surface area contributed by atoms with Crippen LogP contribution in [-0.4, -0.2) is 5.21 Å². The van der Waals surface area contributed by atoms with E-state index < -0.39 is 0 Å². The first-order valence-electron chi connectivity index (χ1n) is 3.38. The Morgan fingerprint density at radius 2 is 1.60 bits per heavy atom. The summed E-state index contributed by atoms with van der Waals surface area (Å²) in [5.74, 6) is 0. The quantitative estimate of drug-likeness (QED) is 0.586. The van der Waals surface area contributed by atoms with Gasteiger partial charge in [0.05, 0.1) is 5.69 Å². The monoisotopic (exact) mass is 139 g/mol. The predicted molar refractivity (Wildman–Crippen MR) is 43.2 cm³/mol. The molecule has 0 saturated carbocycles. The molecule has 0 atom stereocenters. The summed E-state index contributed by atoms with van der Waals surface area (Å²) in [6.07, 6.45) is 0. The van der Waals surface area contributed by atoms with E-state index in [0.717, 1.165) is 0 Å². The van der Waals surface area contributed by atoms with Crippen LogP contribution >= 0.6 is 0 Å². The SMILES string of the molecule is CC.ONc1ccccc1. The van der Waals surface area contributed by atoms with E-state index in [9.17, 15) is 0 Å². The fraction of sp³-hybridized carbons (Fsp3) is 0.250. The number of hydrogen-bond donors (Lipinski definition) is 2. The Balaban J connectivity index is 0.000000371. The Morgan fingerprint density at radius 3 is 1.90 bits per heavy atom. The van der Waals surface area contributed by atoms with Crippen molar-refractivity contribution in [3.05, 3.63) is 30.3 Å². The summed E-state index contributed by atoms with van der Waals surface area (Å²) in [5.41, 5.74) is 2.74. The highest BCUT2D eigenvalue weighted by Gasteiger charge is 1.79. The van der Waals surface area contributed by atoms with Gasteiger partial charge in [-0.2, -0.15) is 0 Å². The predicted octanol–water partition coefficient (Wildman–Crippen LogP) is 2.51. The highest BCUT2D eigenvalue weighted by Crippen LogP contribution is 2.01. The standard InChI is InChI=1S/C6H7NO.C2H6/c8-7-6-4-2-1-3-5-6;1-2/h1-5,7-8H;1-2H3. The van der Waals surface area contributed by atoms with Crippen molar-refractivity contribution in [1.82, 2.24) is 0 Å². The van der Waals surface area contributed by atoms with Crippen LogP contribution in [0.15, 0.2) is 30.3 Å². The molecular formula is C8H13NO. The van der Waals surface area contributed by atoms with Crippen LogP contribution < -0.4 is 5.48 Å². The van der Waals surface area contributed by atoms with E-state index in [0.29, 0.717) is 5.69 Å². The Labute approximate surface area is 61.5 Å². The molecule has 2 nitrogen and oxygen atoms in total. The first-order chi connectivity index (χ1) is 4.93. The lowest BCUT2D eigenvalue weighted by Gasteiger charge is -1.92. The van der Waals surface area contributed by atoms with E-state index in [2.05, 4.69) is 0 Å². The maximum atomic E-state index is 8.29. The van der Waals surface area contributed by atoms with Crippen LogP contribution in [0.1, 0.15) is 13.8 Å². The van der Waals surface area contributed by atoms with Crippen molar-refractivity contribution < 1.29 is 5.21 Å². The van der Waals surface area contributed by atoms with E-state index in [1.54, 1.807) is 12.1 Å². The van der Waals surface area contributed by atoms with Crippen molar-refractivity contribution in [2.45, 2.75) is 13.8 Å². The molecule has 0 unspecified atom stereocenters. The second-order valence-electron chi connectivity index (χ2n) is 1.48. The molecule has 0 amide bonds. The average molecular weight is 139 g/mol. The first kappa shape index (κ1) is 8.98. The molecular weight excluding hydrogens is 126 g/mol. The van der Waals surface area contributed by atoms with Crippen molar-refractivity contribution in [2.24, 2.45) is 0 Å². The summed E-state index contributed by atoms with van der Waals surface area (Å²) in [6, 6.07) is 9.14. The zero-order chi connectivity index (χ0) is 7.82. The Hall–Kier alpha value is -1.02. The highest BCUT2D eigenvalue weighted by molar-refractivity contribution is 5.39. The molecule has 10 heavy (non-hydrogen) atoms. The van der Waals surface area contributed by atoms with Gasteiger partial charge in [-0.1, -0.05) is 32.0 Å². The molecule has 0 saturated heterocycles. The third kappa shape index (κ3) is 3.10. The molecule has 56 valence electrons. The maximum Gasteiger partial charge on any atom is 0.0602 e. The topological polar surface area (TPSA) is 32.3 Å². The summed E-state index contributed by atoms with van der Waals surface area (Å²) in [6.45, 7) is 4.00. The minimum Gasteiger partial charge on any atom is -0.291 e. The minimum atomic E-state index is 0.715. The molecule has 0 spiro atoms. The maximum absolute atomic E-state index is 8.29. The summed E-state index contributed by atoms with van der Waals surface area (Å²) < 4.78 is 0. The van der Waals surface area contributed by atoms with Gasteiger partial charge in [-0.3, -0.25) is 10.7 Å². The van der Waals surface area contributed by atoms with Gasteiger partial charge in [-0.05, 0) is 12.1 Å². The number of nitrogens with one attached hydrogen (secondary N) is 1. The summed E-state index contributed by atoms with van der Waals surface area (Å²) in [4.78, 5) is 0. The molecule has 1 aromatic rings. The smallest absolute Gasteiger partial charge is 0.0602 e. The molecule has 0 fully saturated rings. The second-order valence-corrected chi connectivity index (χ2v) is 1.48. The minimum absolute atomic E-state index is 0.715. The molecule has 1 rings (SSSR count). The van der Waals surface area contributed by atoms with Gasteiger partial charge in [0.25, 0.3) is 0 Å². The van der Waals surface area contributed by atoms with Crippen molar-refractivity contribution in [3.8, 4) is 0 Å². The lowest BCUT2D eigenvalue weighted by molar-refractivity contribution is 0.389. The number of anilines is 1. The van der Waals surface area contributed by atoms with Crippen LogP contribution in [0.5, 0.6) is 0 Å². The summed E-state index contributed by atoms with van der Waals surface area (Å²) in [5, 5.41) is 8.29. The molecule has 0 bridgehead atoms. The number of para-hydroxylation sites is 1. The fourth-order valence-corrected chi connectivity index (χ4v) is 0.513. The lowest BCUT2D eigenvalue weighted by atomic mass is 10.3. The van der Waals surface area contributed by atoms with Gasteiger partial charge >= 0.3 is 0 Å². The zero-order valence-electron chi connectivity index (χ0n) is 6.33. The Bertz CT molecular complexity index is 151. The zero-order valence-corrected chi connectivity index (χ0v) is 6.33. The molecule has 2 N–H and O–H groups in total. The van der Waals surface area contributed by atoms with E-state index in [1.807, 2.05) is 37.5 Å². The van der Waals surface area contributed by atoms with Gasteiger partial charge in [-0.15, -0.1) is 0 Å². The second kappa shape index (κ2) is 6.11. The molecule has 0 radical (unpaired) electrons. The third-order valence-corrected chi connectivity index (χ3v) is 0.903. The van der Waals surface area contributed by atoms with E-state index in [4.69, 9.17) is 5.21 Å². The highest BCUT2D eigenvalue weighted by atomic mass is 16.5. The van der Waals surface area contributed by atoms with Gasteiger partial charge in [0.1, 0.15) is 0 Å². The van der Waals surface area contributed by atoms with Crippen LogP contribution in [0.2, 0.25) is 0 Å². The largest absolute Gasteiger partial charge is 0.291 e. The van der Waals surface area contributed by atoms with Crippen molar-refractivity contribution in [2.75, 3.05) is 5.48 Å². The molecule has 2 heteroatoms. The number of hydrogen-bond acceptors (Lipinski definition) is 2. The Kier molecular flexibility index (Phi) is 5.48. The summed E-state index contributed by atoms with van der Waals surface area (Å²) in [7, 11) is 0. The number of benzene rings is 1. The van der Waals surface area contributed by atoms with Crippen molar-refractivity contribution in [1.29, 1.82) is 0 Å². The van der Waals surface area contributed by atoms with E-state index in [-0.39, 0.29) is 0 Å². The summed E-state index contributed by atoms with van der Waals surface area (Å²) >= 11 is 0. The molecule has 0 heterocycles. The normalized spacial score (nSPS) is 7.50. The molecule has 0 aromatic heterocycles.